The topological polar surface area (TPSA) is 36.4 Å². The summed E-state index contributed by atoms with van der Waals surface area (Å²) in [6.45, 7) is 8.01. The molecule has 2 heterocycles. The molecule has 4 nitrogen and oxygen atoms in total. The SMILES string of the molecule is CC[C@@H]1CN(CC)CCN1C(=O)c1ccnc(Cl)c1. The maximum Gasteiger partial charge on any atom is 0.254 e. The number of pyridine rings is 1. The fourth-order valence-corrected chi connectivity index (χ4v) is 2.70. The van der Waals surface area contributed by atoms with E-state index in [1.54, 1.807) is 18.3 Å². The van der Waals surface area contributed by atoms with Gasteiger partial charge in [-0.3, -0.25) is 9.69 Å². The van der Waals surface area contributed by atoms with Crippen molar-refractivity contribution in [3.63, 3.8) is 0 Å². The van der Waals surface area contributed by atoms with Gasteiger partial charge in [-0.25, -0.2) is 4.98 Å². The van der Waals surface area contributed by atoms with Crippen LogP contribution in [0.5, 0.6) is 0 Å². The van der Waals surface area contributed by atoms with Gasteiger partial charge in [0.25, 0.3) is 5.91 Å². The molecule has 1 aromatic heterocycles. The molecule has 2 rings (SSSR count). The smallest absolute Gasteiger partial charge is 0.254 e. The highest BCUT2D eigenvalue weighted by Gasteiger charge is 2.29. The third kappa shape index (κ3) is 3.25. The van der Waals surface area contributed by atoms with Crippen LogP contribution >= 0.6 is 11.6 Å². The lowest BCUT2D eigenvalue weighted by Crippen LogP contribution is -2.54. The van der Waals surface area contributed by atoms with Gasteiger partial charge in [0.2, 0.25) is 0 Å². The monoisotopic (exact) mass is 281 g/mol. The molecule has 5 heteroatoms. The molecule has 1 atom stereocenters. The lowest BCUT2D eigenvalue weighted by Gasteiger charge is -2.41. The van der Waals surface area contributed by atoms with Gasteiger partial charge in [-0.2, -0.15) is 0 Å². The van der Waals surface area contributed by atoms with Crippen molar-refractivity contribution in [1.29, 1.82) is 0 Å². The predicted octanol–water partition coefficient (Wildman–Crippen LogP) is 2.29. The Morgan fingerprint density at radius 3 is 2.89 bits per heavy atom. The van der Waals surface area contributed by atoms with E-state index >= 15 is 0 Å². The van der Waals surface area contributed by atoms with Crippen molar-refractivity contribution < 1.29 is 4.79 Å². The molecule has 1 aromatic rings. The number of amides is 1. The average Bonchev–Trinajstić information content (AvgIpc) is 2.45. The van der Waals surface area contributed by atoms with Crippen LogP contribution in [0.4, 0.5) is 0 Å². The highest BCUT2D eigenvalue weighted by Crippen LogP contribution is 2.17. The zero-order valence-electron chi connectivity index (χ0n) is 11.5. The number of carbonyl (C=O) groups is 1. The van der Waals surface area contributed by atoms with Crippen molar-refractivity contribution >= 4 is 17.5 Å². The van der Waals surface area contributed by atoms with E-state index < -0.39 is 0 Å². The van der Waals surface area contributed by atoms with Crippen molar-refractivity contribution in [3.05, 3.63) is 29.0 Å². The molecule has 1 saturated heterocycles. The molecule has 104 valence electrons. The minimum absolute atomic E-state index is 0.0619. The number of nitrogens with zero attached hydrogens (tertiary/aromatic N) is 3. The second-order valence-electron chi connectivity index (χ2n) is 4.82. The Morgan fingerprint density at radius 2 is 2.26 bits per heavy atom. The minimum atomic E-state index is 0.0619. The number of hydrogen-bond acceptors (Lipinski definition) is 3. The third-order valence-electron chi connectivity index (χ3n) is 3.72. The number of hydrogen-bond donors (Lipinski definition) is 0. The van der Waals surface area contributed by atoms with Crippen LogP contribution in [0.15, 0.2) is 18.3 Å². The second-order valence-corrected chi connectivity index (χ2v) is 5.21. The second kappa shape index (κ2) is 6.35. The molecule has 1 fully saturated rings. The van der Waals surface area contributed by atoms with Gasteiger partial charge in [0.1, 0.15) is 5.15 Å². The van der Waals surface area contributed by atoms with Crippen molar-refractivity contribution in [2.45, 2.75) is 26.3 Å². The number of halogens is 1. The number of carbonyl (C=O) groups excluding carboxylic acids is 1. The van der Waals surface area contributed by atoms with E-state index in [0.717, 1.165) is 32.6 Å². The van der Waals surface area contributed by atoms with Gasteiger partial charge in [-0.05, 0) is 25.1 Å². The number of piperazine rings is 1. The summed E-state index contributed by atoms with van der Waals surface area (Å²) in [6.07, 6.45) is 2.56. The molecule has 1 aliphatic heterocycles. The standard InChI is InChI=1S/C14H20ClN3O/c1-3-12-10-17(4-2)7-8-18(12)14(19)11-5-6-16-13(15)9-11/h5-6,9,12H,3-4,7-8,10H2,1-2H3/t12-/m1/s1. The molecule has 1 aliphatic rings. The Balaban J connectivity index is 2.14. The first kappa shape index (κ1) is 14.3. The lowest BCUT2D eigenvalue weighted by atomic mass is 10.1. The predicted molar refractivity (Wildman–Crippen MR) is 76.5 cm³/mol. The molecule has 0 aromatic carbocycles. The van der Waals surface area contributed by atoms with E-state index in [1.165, 1.54) is 0 Å². The summed E-state index contributed by atoms with van der Waals surface area (Å²) < 4.78 is 0. The molecule has 0 bridgehead atoms. The van der Waals surface area contributed by atoms with Gasteiger partial charge < -0.3 is 4.90 Å². The van der Waals surface area contributed by atoms with Gasteiger partial charge in [-0.1, -0.05) is 25.4 Å². The van der Waals surface area contributed by atoms with Crippen LogP contribution in [0.25, 0.3) is 0 Å². The average molecular weight is 282 g/mol. The fourth-order valence-electron chi connectivity index (χ4n) is 2.53. The van der Waals surface area contributed by atoms with Gasteiger partial charge in [-0.15, -0.1) is 0 Å². The fraction of sp³-hybridized carbons (Fsp3) is 0.571. The zero-order valence-corrected chi connectivity index (χ0v) is 12.2. The van der Waals surface area contributed by atoms with Crippen LogP contribution in [0.3, 0.4) is 0 Å². The van der Waals surface area contributed by atoms with Crippen LogP contribution in [0.2, 0.25) is 5.15 Å². The summed E-state index contributed by atoms with van der Waals surface area (Å²) in [6, 6.07) is 3.66. The highest BCUT2D eigenvalue weighted by atomic mass is 35.5. The Morgan fingerprint density at radius 1 is 1.47 bits per heavy atom. The Hall–Kier alpha value is -1.13. The van der Waals surface area contributed by atoms with Crippen LogP contribution in [-0.4, -0.2) is 52.9 Å². The molecule has 0 spiro atoms. The number of likely N-dealkylation sites (N-methyl/N-ethyl adjacent to an activating group) is 1. The molecular formula is C14H20ClN3O. The lowest BCUT2D eigenvalue weighted by molar-refractivity contribution is 0.0456. The minimum Gasteiger partial charge on any atom is -0.333 e. The van der Waals surface area contributed by atoms with Crippen molar-refractivity contribution in [2.24, 2.45) is 0 Å². The molecule has 0 unspecified atom stereocenters. The van der Waals surface area contributed by atoms with E-state index in [9.17, 15) is 4.79 Å². The normalized spacial score (nSPS) is 20.6. The Bertz CT molecular complexity index is 452. The van der Waals surface area contributed by atoms with Crippen LogP contribution in [0.1, 0.15) is 30.6 Å². The first-order valence-electron chi connectivity index (χ1n) is 6.80. The molecular weight excluding hydrogens is 262 g/mol. The first-order chi connectivity index (χ1) is 9.15. The van der Waals surface area contributed by atoms with E-state index in [0.29, 0.717) is 10.7 Å². The molecule has 1 amide bonds. The summed E-state index contributed by atoms with van der Waals surface area (Å²) in [7, 11) is 0. The quantitative estimate of drug-likeness (QED) is 0.798. The molecule has 0 N–H and O–H groups in total. The first-order valence-corrected chi connectivity index (χ1v) is 7.18. The Kier molecular flexibility index (Phi) is 4.77. The third-order valence-corrected chi connectivity index (χ3v) is 3.93. The van der Waals surface area contributed by atoms with Crippen LogP contribution < -0.4 is 0 Å². The molecule has 0 aliphatic carbocycles. The van der Waals surface area contributed by atoms with Gasteiger partial charge in [0.15, 0.2) is 0 Å². The Labute approximate surface area is 119 Å². The number of rotatable bonds is 3. The summed E-state index contributed by atoms with van der Waals surface area (Å²) >= 11 is 5.85. The van der Waals surface area contributed by atoms with Gasteiger partial charge in [0, 0.05) is 37.4 Å². The largest absolute Gasteiger partial charge is 0.333 e. The van der Waals surface area contributed by atoms with E-state index in [4.69, 9.17) is 11.6 Å². The van der Waals surface area contributed by atoms with E-state index in [2.05, 4.69) is 23.7 Å². The van der Waals surface area contributed by atoms with Crippen molar-refractivity contribution in [1.82, 2.24) is 14.8 Å². The number of aromatic nitrogens is 1. The highest BCUT2D eigenvalue weighted by molar-refractivity contribution is 6.29. The summed E-state index contributed by atoms with van der Waals surface area (Å²) in [4.78, 5) is 20.8. The maximum absolute atomic E-state index is 12.5. The van der Waals surface area contributed by atoms with Crippen molar-refractivity contribution in [2.75, 3.05) is 26.2 Å². The molecule has 19 heavy (non-hydrogen) atoms. The molecule has 0 radical (unpaired) electrons. The molecule has 0 saturated carbocycles. The van der Waals surface area contributed by atoms with Gasteiger partial charge >= 0.3 is 0 Å². The van der Waals surface area contributed by atoms with E-state index in [1.807, 2.05) is 4.90 Å². The van der Waals surface area contributed by atoms with Crippen LogP contribution in [0, 0.1) is 0 Å². The summed E-state index contributed by atoms with van der Waals surface area (Å²) in [5.41, 5.74) is 0.628. The summed E-state index contributed by atoms with van der Waals surface area (Å²) in [5.74, 6) is 0.0619. The summed E-state index contributed by atoms with van der Waals surface area (Å²) in [5, 5.41) is 0.367. The van der Waals surface area contributed by atoms with Crippen LogP contribution in [-0.2, 0) is 0 Å². The zero-order chi connectivity index (χ0) is 13.8. The van der Waals surface area contributed by atoms with E-state index in [-0.39, 0.29) is 11.9 Å². The van der Waals surface area contributed by atoms with Crippen molar-refractivity contribution in [3.8, 4) is 0 Å². The maximum atomic E-state index is 12.5. The van der Waals surface area contributed by atoms with Gasteiger partial charge in [0.05, 0.1) is 0 Å².